The van der Waals surface area contributed by atoms with Crippen LogP contribution in [-0.4, -0.2) is 38.0 Å². The monoisotopic (exact) mass is 384 g/mol. The smallest absolute Gasteiger partial charge is 0.259 e. The van der Waals surface area contributed by atoms with Crippen molar-refractivity contribution in [3.05, 3.63) is 60.2 Å². The van der Waals surface area contributed by atoms with Crippen LogP contribution in [0.15, 0.2) is 53.3 Å². The number of fused-ring (bicyclic) bond motifs is 1. The third-order valence-electron chi connectivity index (χ3n) is 4.35. The van der Waals surface area contributed by atoms with E-state index < -0.39 is 0 Å². The molecule has 27 heavy (non-hydrogen) atoms. The van der Waals surface area contributed by atoms with Gasteiger partial charge in [-0.25, -0.2) is 9.67 Å². The molecule has 4 aromatic rings. The Hall–Kier alpha value is -2.77. The summed E-state index contributed by atoms with van der Waals surface area (Å²) in [6.07, 6.45) is 4.28. The van der Waals surface area contributed by atoms with E-state index in [0.29, 0.717) is 24.7 Å². The summed E-state index contributed by atoms with van der Waals surface area (Å²) in [5, 5.41) is 12.6. The van der Waals surface area contributed by atoms with Gasteiger partial charge in [0, 0.05) is 24.0 Å². The summed E-state index contributed by atoms with van der Waals surface area (Å²) >= 11 is 0. The van der Waals surface area contributed by atoms with Gasteiger partial charge in [-0.15, -0.1) is 12.4 Å². The van der Waals surface area contributed by atoms with Crippen molar-refractivity contribution in [1.29, 1.82) is 0 Å². The number of halogens is 1. The maximum Gasteiger partial charge on any atom is 0.259 e. The summed E-state index contributed by atoms with van der Waals surface area (Å²) in [4.78, 5) is 9.03. The summed E-state index contributed by atoms with van der Waals surface area (Å²) in [6, 6.07) is 12.5. The molecule has 3 heterocycles. The molecule has 1 N–H and O–H groups in total. The van der Waals surface area contributed by atoms with Crippen molar-refractivity contribution >= 4 is 23.4 Å². The quantitative estimate of drug-likeness (QED) is 0.550. The van der Waals surface area contributed by atoms with Crippen molar-refractivity contribution in [3.63, 3.8) is 0 Å². The third kappa shape index (κ3) is 4.15. The molecule has 1 atom stereocenters. The number of hydrogen-bond donors (Lipinski definition) is 1. The predicted octanol–water partition coefficient (Wildman–Crippen LogP) is 3.10. The minimum Gasteiger partial charge on any atom is -0.334 e. The van der Waals surface area contributed by atoms with E-state index in [2.05, 4.69) is 44.6 Å². The average molecular weight is 385 g/mol. The zero-order chi connectivity index (χ0) is 17.9. The first-order chi connectivity index (χ1) is 12.7. The van der Waals surface area contributed by atoms with Crippen LogP contribution in [0.4, 0.5) is 0 Å². The first-order valence-corrected chi connectivity index (χ1v) is 8.58. The highest BCUT2D eigenvalue weighted by atomic mass is 35.5. The van der Waals surface area contributed by atoms with E-state index in [0.717, 1.165) is 16.6 Å². The Kier molecular flexibility index (Phi) is 5.83. The van der Waals surface area contributed by atoms with Gasteiger partial charge in [-0.2, -0.15) is 10.1 Å². The molecule has 8 heteroatoms. The average Bonchev–Trinajstić information content (AvgIpc) is 3.29. The Labute approximate surface area is 163 Å². The Morgan fingerprint density at radius 2 is 2.00 bits per heavy atom. The summed E-state index contributed by atoms with van der Waals surface area (Å²) in [7, 11) is 1.91. The fourth-order valence-corrected chi connectivity index (χ4v) is 2.79. The van der Waals surface area contributed by atoms with Gasteiger partial charge in [0.2, 0.25) is 0 Å². The third-order valence-corrected chi connectivity index (χ3v) is 4.35. The molecule has 0 radical (unpaired) electrons. The lowest BCUT2D eigenvalue weighted by atomic mass is 10.2. The van der Waals surface area contributed by atoms with Crippen molar-refractivity contribution in [1.82, 2.24) is 30.2 Å². The number of pyridine rings is 1. The maximum absolute atomic E-state index is 5.39. The normalized spacial score (nSPS) is 12.1. The molecule has 0 saturated carbocycles. The van der Waals surface area contributed by atoms with Gasteiger partial charge in [0.15, 0.2) is 11.5 Å². The molecule has 0 aliphatic rings. The van der Waals surface area contributed by atoms with Crippen molar-refractivity contribution in [2.45, 2.75) is 25.9 Å². The fraction of sp³-hybridized carbons (Fsp3) is 0.263. The molecule has 0 aliphatic heterocycles. The van der Waals surface area contributed by atoms with Gasteiger partial charge in [0.05, 0.1) is 18.3 Å². The highest BCUT2D eigenvalue weighted by molar-refractivity contribution is 5.85. The highest BCUT2D eigenvalue weighted by Crippen LogP contribution is 2.22. The molecule has 0 spiro atoms. The van der Waals surface area contributed by atoms with Crippen LogP contribution in [0.2, 0.25) is 0 Å². The van der Waals surface area contributed by atoms with E-state index in [1.165, 1.54) is 5.56 Å². The number of likely N-dealkylation sites (N-methyl/N-ethyl adjacent to an activating group) is 1. The minimum absolute atomic E-state index is 0. The van der Waals surface area contributed by atoms with Gasteiger partial charge in [-0.3, -0.25) is 0 Å². The molecule has 1 unspecified atom stereocenters. The van der Waals surface area contributed by atoms with E-state index in [-0.39, 0.29) is 18.4 Å². The molecule has 0 fully saturated rings. The lowest BCUT2D eigenvalue weighted by Gasteiger charge is -2.04. The second-order valence-corrected chi connectivity index (χ2v) is 6.33. The fourth-order valence-electron chi connectivity index (χ4n) is 2.79. The van der Waals surface area contributed by atoms with E-state index in [4.69, 9.17) is 4.52 Å². The molecular weight excluding hydrogens is 364 g/mol. The van der Waals surface area contributed by atoms with Crippen LogP contribution < -0.4 is 5.32 Å². The van der Waals surface area contributed by atoms with Crippen molar-refractivity contribution < 1.29 is 4.52 Å². The van der Waals surface area contributed by atoms with Gasteiger partial charge in [-0.1, -0.05) is 35.5 Å². The summed E-state index contributed by atoms with van der Waals surface area (Å²) in [6.45, 7) is 2.76. The van der Waals surface area contributed by atoms with E-state index in [1.54, 1.807) is 6.20 Å². The second kappa shape index (κ2) is 8.28. The Morgan fingerprint density at radius 1 is 1.19 bits per heavy atom. The molecule has 140 valence electrons. The number of benzene rings is 1. The number of aromatic nitrogens is 5. The molecule has 0 saturated heterocycles. The van der Waals surface area contributed by atoms with Crippen LogP contribution in [0.25, 0.3) is 22.5 Å². The van der Waals surface area contributed by atoms with E-state index in [9.17, 15) is 0 Å². The Bertz CT molecular complexity index is 1010. The van der Waals surface area contributed by atoms with Gasteiger partial charge in [0.25, 0.3) is 5.89 Å². The van der Waals surface area contributed by atoms with Gasteiger partial charge < -0.3 is 9.84 Å². The molecule has 4 rings (SSSR count). The summed E-state index contributed by atoms with van der Waals surface area (Å²) in [5.74, 6) is 1.16. The minimum atomic E-state index is 0. The second-order valence-electron chi connectivity index (χ2n) is 6.33. The van der Waals surface area contributed by atoms with E-state index >= 15 is 0 Å². The lowest BCUT2D eigenvalue weighted by molar-refractivity contribution is 0.418. The van der Waals surface area contributed by atoms with Crippen LogP contribution in [0, 0.1) is 0 Å². The van der Waals surface area contributed by atoms with Crippen LogP contribution in [0.1, 0.15) is 18.3 Å². The molecule has 7 nitrogen and oxygen atoms in total. The number of nitrogens with zero attached hydrogens (tertiary/aromatic N) is 5. The van der Waals surface area contributed by atoms with Crippen LogP contribution in [0.5, 0.6) is 0 Å². The summed E-state index contributed by atoms with van der Waals surface area (Å²) in [5.41, 5.74) is 2.82. The standard InChI is InChI=1S/C19H20N6O.ClH/c1-13(20-2)8-17-23-19(26-24-17)16-9-15-11-22-25(18(15)21-10-16)12-14-6-4-3-5-7-14;/h3-7,9-11,13,20H,8,12H2,1-2H3;1H. The summed E-state index contributed by atoms with van der Waals surface area (Å²) < 4.78 is 7.28. The maximum atomic E-state index is 5.39. The van der Waals surface area contributed by atoms with Crippen molar-refractivity contribution in [3.8, 4) is 11.5 Å². The highest BCUT2D eigenvalue weighted by Gasteiger charge is 2.13. The number of rotatable bonds is 6. The SMILES string of the molecule is CNC(C)Cc1noc(-c2cnc3c(cnn3Cc3ccccc3)c2)n1.Cl. The van der Waals surface area contributed by atoms with Gasteiger partial charge in [-0.05, 0) is 25.6 Å². The van der Waals surface area contributed by atoms with Crippen molar-refractivity contribution in [2.24, 2.45) is 0 Å². The number of nitrogens with one attached hydrogen (secondary N) is 1. The first-order valence-electron chi connectivity index (χ1n) is 8.58. The molecule has 0 bridgehead atoms. The lowest BCUT2D eigenvalue weighted by Crippen LogP contribution is -2.24. The predicted molar refractivity (Wildman–Crippen MR) is 106 cm³/mol. The van der Waals surface area contributed by atoms with Crippen LogP contribution >= 0.6 is 12.4 Å². The van der Waals surface area contributed by atoms with Crippen LogP contribution in [0.3, 0.4) is 0 Å². The Balaban J connectivity index is 0.00000210. The van der Waals surface area contributed by atoms with E-state index in [1.807, 2.05) is 42.2 Å². The zero-order valence-electron chi connectivity index (χ0n) is 15.2. The zero-order valence-corrected chi connectivity index (χ0v) is 16.0. The van der Waals surface area contributed by atoms with Crippen LogP contribution in [-0.2, 0) is 13.0 Å². The molecule has 0 amide bonds. The topological polar surface area (TPSA) is 81.7 Å². The molecule has 1 aromatic carbocycles. The Morgan fingerprint density at radius 3 is 2.78 bits per heavy atom. The van der Waals surface area contributed by atoms with Crippen molar-refractivity contribution in [2.75, 3.05) is 7.05 Å². The molecule has 0 aliphatic carbocycles. The van der Waals surface area contributed by atoms with Gasteiger partial charge >= 0.3 is 0 Å². The largest absolute Gasteiger partial charge is 0.334 e. The number of hydrogen-bond acceptors (Lipinski definition) is 6. The molecule has 3 aromatic heterocycles. The first kappa shape index (κ1) is 19.0. The van der Waals surface area contributed by atoms with Gasteiger partial charge in [0.1, 0.15) is 0 Å². The molecular formula is C19H21ClN6O.